The second-order valence-corrected chi connectivity index (χ2v) is 6.99. The molecule has 1 fully saturated rings. The van der Waals surface area contributed by atoms with E-state index in [0.717, 1.165) is 35.5 Å². The Bertz CT molecular complexity index is 1100. The van der Waals surface area contributed by atoms with E-state index in [9.17, 15) is 5.26 Å². The van der Waals surface area contributed by atoms with Crippen LogP contribution >= 0.6 is 0 Å². The molecule has 10 nitrogen and oxygen atoms in total. The van der Waals surface area contributed by atoms with Gasteiger partial charge in [-0.3, -0.25) is 0 Å². The molecule has 4 heterocycles. The van der Waals surface area contributed by atoms with E-state index in [4.69, 9.17) is 21.2 Å². The number of nitrogens with one attached hydrogen (secondary N) is 1. The summed E-state index contributed by atoms with van der Waals surface area (Å²) < 4.78 is 7.56. The first-order valence-corrected chi connectivity index (χ1v) is 9.36. The maximum atomic E-state index is 9.44. The van der Waals surface area contributed by atoms with Crippen molar-refractivity contribution in [3.8, 4) is 6.07 Å². The van der Waals surface area contributed by atoms with E-state index >= 15 is 0 Å². The van der Waals surface area contributed by atoms with Crippen molar-refractivity contribution in [1.82, 2.24) is 19.5 Å². The predicted octanol–water partition coefficient (Wildman–Crippen LogP) is 1.41. The number of fused-ring (bicyclic) bond motifs is 1. The van der Waals surface area contributed by atoms with Crippen LogP contribution in [0.2, 0.25) is 0 Å². The molecule has 10 heteroatoms. The third-order valence-electron chi connectivity index (χ3n) is 5.06. The van der Waals surface area contributed by atoms with Crippen LogP contribution in [-0.4, -0.2) is 45.8 Å². The number of nitrogen functional groups attached to an aromatic ring is 2. The van der Waals surface area contributed by atoms with E-state index in [1.54, 1.807) is 0 Å². The van der Waals surface area contributed by atoms with E-state index in [2.05, 4.69) is 26.3 Å². The van der Waals surface area contributed by atoms with Crippen molar-refractivity contribution < 1.29 is 4.74 Å². The van der Waals surface area contributed by atoms with Gasteiger partial charge in [0.15, 0.2) is 5.82 Å². The smallest absolute Gasteiger partial charge is 0.224 e. The molecule has 150 valence electrons. The highest BCUT2D eigenvalue weighted by atomic mass is 16.5. The lowest BCUT2D eigenvalue weighted by Gasteiger charge is -2.31. The van der Waals surface area contributed by atoms with Crippen LogP contribution in [0.1, 0.15) is 24.2 Å². The number of nitriles is 1. The summed E-state index contributed by atoms with van der Waals surface area (Å²) in [5.74, 6) is 0.360. The Morgan fingerprint density at radius 3 is 2.72 bits per heavy atom. The van der Waals surface area contributed by atoms with Crippen molar-refractivity contribution in [2.45, 2.75) is 13.0 Å². The number of nitrogens with two attached hydrogens (primary N) is 2. The van der Waals surface area contributed by atoms with Crippen LogP contribution in [-0.2, 0) is 11.8 Å². The van der Waals surface area contributed by atoms with Crippen LogP contribution in [0.25, 0.3) is 11.0 Å². The lowest BCUT2D eigenvalue weighted by atomic mass is 10.1. The molecule has 1 aliphatic heterocycles. The number of rotatable bonds is 4. The minimum atomic E-state index is -0.252. The van der Waals surface area contributed by atoms with Crippen LogP contribution in [0.3, 0.4) is 0 Å². The van der Waals surface area contributed by atoms with Crippen molar-refractivity contribution in [2.24, 2.45) is 7.05 Å². The maximum Gasteiger partial charge on any atom is 0.224 e. The summed E-state index contributed by atoms with van der Waals surface area (Å²) in [7, 11) is 2.00. The molecule has 0 radical (unpaired) electrons. The van der Waals surface area contributed by atoms with Gasteiger partial charge >= 0.3 is 0 Å². The van der Waals surface area contributed by atoms with Gasteiger partial charge in [-0.1, -0.05) is 0 Å². The molecule has 3 aromatic heterocycles. The van der Waals surface area contributed by atoms with Gasteiger partial charge in [0.1, 0.15) is 17.5 Å². The fourth-order valence-electron chi connectivity index (χ4n) is 3.55. The Labute approximate surface area is 168 Å². The zero-order valence-corrected chi connectivity index (χ0v) is 16.4. The lowest BCUT2D eigenvalue weighted by molar-refractivity contribution is 0.122. The number of aromatic nitrogens is 4. The zero-order chi connectivity index (χ0) is 20.5. The van der Waals surface area contributed by atoms with Gasteiger partial charge in [-0.15, -0.1) is 0 Å². The minimum absolute atomic E-state index is 0.0103. The van der Waals surface area contributed by atoms with Crippen molar-refractivity contribution in [3.05, 3.63) is 29.6 Å². The first-order chi connectivity index (χ1) is 14.0. The Hall–Kier alpha value is -3.58. The van der Waals surface area contributed by atoms with Gasteiger partial charge in [-0.05, 0) is 19.1 Å². The molecule has 4 rings (SSSR count). The van der Waals surface area contributed by atoms with E-state index in [1.165, 1.54) is 0 Å². The molecule has 1 saturated heterocycles. The summed E-state index contributed by atoms with van der Waals surface area (Å²) >= 11 is 0. The highest BCUT2D eigenvalue weighted by Gasteiger charge is 2.23. The Morgan fingerprint density at radius 2 is 2.00 bits per heavy atom. The predicted molar refractivity (Wildman–Crippen MR) is 111 cm³/mol. The van der Waals surface area contributed by atoms with Gasteiger partial charge in [-0.25, -0.2) is 4.98 Å². The Morgan fingerprint density at radius 1 is 1.24 bits per heavy atom. The number of morpholine rings is 1. The van der Waals surface area contributed by atoms with E-state index in [0.29, 0.717) is 19.0 Å². The van der Waals surface area contributed by atoms with Gasteiger partial charge in [0.2, 0.25) is 5.95 Å². The standard InChI is InChI=1S/C19H23N9O/c1-11(23-18-12(10-20)17(21)25-19(22)26-18)16-15(28-5-7-29-8-6-28)9-14-13(24-16)3-4-27(14)2/h3-4,9,11H,5-8H2,1-2H3,(H5,21,22,23,25,26). The molecular formula is C19H23N9O. The van der Waals surface area contributed by atoms with Crippen LogP contribution < -0.4 is 21.7 Å². The average molecular weight is 393 g/mol. The molecule has 0 spiro atoms. The quantitative estimate of drug-likeness (QED) is 0.599. The van der Waals surface area contributed by atoms with Crippen LogP contribution in [0, 0.1) is 11.3 Å². The highest BCUT2D eigenvalue weighted by molar-refractivity contribution is 5.81. The molecule has 1 atom stereocenters. The minimum Gasteiger partial charge on any atom is -0.382 e. The molecule has 0 aliphatic carbocycles. The summed E-state index contributed by atoms with van der Waals surface area (Å²) in [6, 6.07) is 5.92. The second-order valence-electron chi connectivity index (χ2n) is 6.99. The first-order valence-electron chi connectivity index (χ1n) is 9.36. The second kappa shape index (κ2) is 7.44. The summed E-state index contributed by atoms with van der Waals surface area (Å²) in [4.78, 5) is 15.2. The highest BCUT2D eigenvalue weighted by Crippen LogP contribution is 2.32. The molecule has 1 unspecified atom stereocenters. The molecule has 29 heavy (non-hydrogen) atoms. The number of hydrogen-bond donors (Lipinski definition) is 3. The Balaban J connectivity index is 1.77. The summed E-state index contributed by atoms with van der Waals surface area (Å²) in [5, 5.41) is 12.7. The molecule has 0 aromatic carbocycles. The lowest BCUT2D eigenvalue weighted by Crippen LogP contribution is -2.37. The molecule has 3 aromatic rings. The normalized spacial score (nSPS) is 15.3. The number of ether oxygens (including phenoxy) is 1. The number of hydrogen-bond acceptors (Lipinski definition) is 9. The fraction of sp³-hybridized carbons (Fsp3) is 0.368. The molecule has 5 N–H and O–H groups in total. The van der Waals surface area contributed by atoms with E-state index < -0.39 is 0 Å². The zero-order valence-electron chi connectivity index (χ0n) is 16.4. The summed E-state index contributed by atoms with van der Waals surface area (Å²) in [6.45, 7) is 4.88. The Kier molecular flexibility index (Phi) is 4.82. The summed E-state index contributed by atoms with van der Waals surface area (Å²) in [6.07, 6.45) is 1.99. The largest absolute Gasteiger partial charge is 0.382 e. The maximum absolute atomic E-state index is 9.44. The summed E-state index contributed by atoms with van der Waals surface area (Å²) in [5.41, 5.74) is 15.6. The SMILES string of the molecule is CC(Nc1nc(N)nc(N)c1C#N)c1nc2ccn(C)c2cc1N1CCOCC1. The van der Waals surface area contributed by atoms with Crippen molar-refractivity contribution >= 4 is 34.3 Å². The topological polar surface area (TPSA) is 144 Å². The number of pyridine rings is 1. The van der Waals surface area contributed by atoms with Gasteiger partial charge < -0.3 is 31.0 Å². The van der Waals surface area contributed by atoms with Crippen molar-refractivity contribution in [1.29, 1.82) is 5.26 Å². The molecule has 0 amide bonds. The van der Waals surface area contributed by atoms with Crippen molar-refractivity contribution in [2.75, 3.05) is 48.0 Å². The number of aryl methyl sites for hydroxylation is 1. The fourth-order valence-corrected chi connectivity index (χ4v) is 3.55. The van der Waals surface area contributed by atoms with Gasteiger partial charge in [0, 0.05) is 26.3 Å². The van der Waals surface area contributed by atoms with E-state index in [1.807, 2.05) is 36.9 Å². The van der Waals surface area contributed by atoms with Crippen LogP contribution in [0.5, 0.6) is 0 Å². The van der Waals surface area contributed by atoms with E-state index in [-0.39, 0.29) is 23.4 Å². The van der Waals surface area contributed by atoms with Crippen molar-refractivity contribution in [3.63, 3.8) is 0 Å². The monoisotopic (exact) mass is 393 g/mol. The third kappa shape index (κ3) is 3.48. The van der Waals surface area contributed by atoms with Gasteiger partial charge in [0.25, 0.3) is 0 Å². The first kappa shape index (κ1) is 18.8. The van der Waals surface area contributed by atoms with Crippen LogP contribution in [0.4, 0.5) is 23.3 Å². The molecule has 1 aliphatic rings. The molecular weight excluding hydrogens is 370 g/mol. The van der Waals surface area contributed by atoms with Gasteiger partial charge in [0.05, 0.1) is 41.7 Å². The third-order valence-corrected chi connectivity index (χ3v) is 5.06. The molecule has 0 saturated carbocycles. The average Bonchev–Trinajstić information content (AvgIpc) is 3.07. The number of anilines is 4. The molecule has 0 bridgehead atoms. The van der Waals surface area contributed by atoms with Crippen LogP contribution in [0.15, 0.2) is 18.3 Å². The van der Waals surface area contributed by atoms with Gasteiger partial charge in [-0.2, -0.15) is 15.2 Å². The number of nitrogens with zero attached hydrogens (tertiary/aromatic N) is 6.